The zero-order valence-electron chi connectivity index (χ0n) is 13.2. The molecule has 108 valence electrons. The molecule has 0 spiro atoms. The smallest absolute Gasteiger partial charge is 0.165 e. The molecule has 0 N–H and O–H groups in total. The van der Waals surface area contributed by atoms with E-state index in [9.17, 15) is 0 Å². The first-order valence-corrected chi connectivity index (χ1v) is 7.32. The van der Waals surface area contributed by atoms with Crippen LogP contribution in [0.25, 0.3) is 0 Å². The number of benzene rings is 1. The van der Waals surface area contributed by atoms with Crippen LogP contribution < -0.4 is 4.89 Å². The van der Waals surface area contributed by atoms with Gasteiger partial charge in [0.1, 0.15) is 5.60 Å². The highest BCUT2D eigenvalue weighted by atomic mass is 17.2. The summed E-state index contributed by atoms with van der Waals surface area (Å²) in [7, 11) is 0. The average Bonchev–Trinajstić information content (AvgIpc) is 2.37. The second kappa shape index (κ2) is 6.95. The molecule has 0 aliphatic rings. The second-order valence-electron chi connectivity index (χ2n) is 6.19. The monoisotopic (exact) mass is 264 g/mol. The molecule has 0 saturated heterocycles. The van der Waals surface area contributed by atoms with Gasteiger partial charge < -0.3 is 4.89 Å². The third kappa shape index (κ3) is 4.87. The van der Waals surface area contributed by atoms with Crippen molar-refractivity contribution in [2.45, 2.75) is 65.9 Å². The molecule has 0 saturated carbocycles. The molecule has 0 aliphatic heterocycles. The van der Waals surface area contributed by atoms with Gasteiger partial charge in [-0.3, -0.25) is 0 Å². The maximum absolute atomic E-state index is 5.66. The Kier molecular flexibility index (Phi) is 5.86. The summed E-state index contributed by atoms with van der Waals surface area (Å²) in [4.78, 5) is 11.2. The van der Waals surface area contributed by atoms with Crippen LogP contribution in [0.2, 0.25) is 0 Å². The molecule has 0 aliphatic carbocycles. The molecule has 1 atom stereocenters. The zero-order valence-corrected chi connectivity index (χ0v) is 13.2. The summed E-state index contributed by atoms with van der Waals surface area (Å²) in [6.45, 7) is 12.9. The molecule has 0 amide bonds. The van der Waals surface area contributed by atoms with Gasteiger partial charge in [-0.1, -0.05) is 46.2 Å². The van der Waals surface area contributed by atoms with Crippen molar-refractivity contribution in [3.8, 4) is 5.75 Å². The Morgan fingerprint density at radius 1 is 1.16 bits per heavy atom. The van der Waals surface area contributed by atoms with E-state index >= 15 is 0 Å². The largest absolute Gasteiger partial charge is 0.337 e. The highest BCUT2D eigenvalue weighted by Gasteiger charge is 2.28. The van der Waals surface area contributed by atoms with Crippen LogP contribution in [0.4, 0.5) is 0 Å². The van der Waals surface area contributed by atoms with Gasteiger partial charge >= 0.3 is 0 Å². The van der Waals surface area contributed by atoms with E-state index in [-0.39, 0.29) is 5.60 Å². The summed E-state index contributed by atoms with van der Waals surface area (Å²) >= 11 is 0. The van der Waals surface area contributed by atoms with Gasteiger partial charge in [-0.05, 0) is 49.8 Å². The topological polar surface area (TPSA) is 18.5 Å². The summed E-state index contributed by atoms with van der Waals surface area (Å²) in [6.07, 6.45) is 2.30. The third-order valence-electron chi connectivity index (χ3n) is 3.79. The van der Waals surface area contributed by atoms with Crippen molar-refractivity contribution in [2.24, 2.45) is 5.92 Å². The van der Waals surface area contributed by atoms with E-state index in [0.29, 0.717) is 11.8 Å². The number of rotatable bonds is 7. The van der Waals surface area contributed by atoms with Crippen LogP contribution >= 0.6 is 0 Å². The first-order valence-electron chi connectivity index (χ1n) is 7.32. The van der Waals surface area contributed by atoms with Crippen molar-refractivity contribution in [3.63, 3.8) is 0 Å². The Hall–Kier alpha value is -1.02. The maximum atomic E-state index is 5.66. The molecule has 1 rings (SSSR count). The van der Waals surface area contributed by atoms with Crippen molar-refractivity contribution < 1.29 is 9.78 Å². The summed E-state index contributed by atoms with van der Waals surface area (Å²) in [5.74, 6) is 1.74. The summed E-state index contributed by atoms with van der Waals surface area (Å²) < 4.78 is 0. The molecule has 2 heteroatoms. The van der Waals surface area contributed by atoms with Gasteiger partial charge in [-0.2, -0.15) is 4.89 Å². The minimum atomic E-state index is -0.274. The van der Waals surface area contributed by atoms with E-state index in [2.05, 4.69) is 47.6 Å². The fraction of sp³-hybridized carbons (Fsp3) is 0.647. The van der Waals surface area contributed by atoms with Crippen molar-refractivity contribution in [2.75, 3.05) is 0 Å². The predicted molar refractivity (Wildman–Crippen MR) is 80.4 cm³/mol. The standard InChI is InChI=1S/C17H28O2/c1-7-9-14(4)17(5,6)19-18-16-11-8-10-15(12-16)13(2)3/h8,10-14H,7,9H2,1-6H3. The van der Waals surface area contributed by atoms with E-state index in [4.69, 9.17) is 9.78 Å². The zero-order chi connectivity index (χ0) is 14.5. The Bertz CT molecular complexity index is 383. The van der Waals surface area contributed by atoms with Gasteiger partial charge in [0, 0.05) is 0 Å². The van der Waals surface area contributed by atoms with Gasteiger partial charge in [0.2, 0.25) is 0 Å². The van der Waals surface area contributed by atoms with Gasteiger partial charge in [0.15, 0.2) is 5.75 Å². The van der Waals surface area contributed by atoms with Gasteiger partial charge in [-0.25, -0.2) is 0 Å². The minimum absolute atomic E-state index is 0.274. The highest BCUT2D eigenvalue weighted by molar-refractivity contribution is 5.29. The van der Waals surface area contributed by atoms with Crippen LogP contribution in [0.15, 0.2) is 24.3 Å². The molecule has 19 heavy (non-hydrogen) atoms. The Morgan fingerprint density at radius 2 is 1.84 bits per heavy atom. The van der Waals surface area contributed by atoms with E-state index in [1.54, 1.807) is 0 Å². The minimum Gasteiger partial charge on any atom is -0.337 e. The first kappa shape index (κ1) is 16.0. The summed E-state index contributed by atoms with van der Waals surface area (Å²) in [5.41, 5.74) is 0.990. The quantitative estimate of drug-likeness (QED) is 0.489. The lowest BCUT2D eigenvalue weighted by molar-refractivity contribution is -0.295. The third-order valence-corrected chi connectivity index (χ3v) is 3.79. The predicted octanol–water partition coefficient (Wildman–Crippen LogP) is 5.34. The van der Waals surface area contributed by atoms with Crippen molar-refractivity contribution in [1.29, 1.82) is 0 Å². The molecular formula is C17H28O2. The van der Waals surface area contributed by atoms with E-state index in [0.717, 1.165) is 18.6 Å². The Morgan fingerprint density at radius 3 is 2.42 bits per heavy atom. The van der Waals surface area contributed by atoms with Crippen LogP contribution in [0, 0.1) is 5.92 Å². The van der Waals surface area contributed by atoms with Crippen molar-refractivity contribution in [3.05, 3.63) is 29.8 Å². The van der Waals surface area contributed by atoms with Crippen molar-refractivity contribution >= 4 is 0 Å². The summed E-state index contributed by atoms with van der Waals surface area (Å²) in [5, 5.41) is 0. The molecule has 2 nitrogen and oxygen atoms in total. The number of hydrogen-bond donors (Lipinski definition) is 0. The fourth-order valence-electron chi connectivity index (χ4n) is 1.94. The Balaban J connectivity index is 2.63. The molecule has 0 fully saturated rings. The Labute approximate surface area is 118 Å². The van der Waals surface area contributed by atoms with E-state index in [1.165, 1.54) is 5.56 Å². The van der Waals surface area contributed by atoms with Crippen LogP contribution in [-0.2, 0) is 4.89 Å². The molecule has 1 unspecified atom stereocenters. The maximum Gasteiger partial charge on any atom is 0.165 e. The van der Waals surface area contributed by atoms with Crippen molar-refractivity contribution in [1.82, 2.24) is 0 Å². The molecule has 1 aromatic carbocycles. The van der Waals surface area contributed by atoms with Crippen LogP contribution in [0.5, 0.6) is 5.75 Å². The molecular weight excluding hydrogens is 236 g/mol. The van der Waals surface area contributed by atoms with Crippen LogP contribution in [0.3, 0.4) is 0 Å². The van der Waals surface area contributed by atoms with Crippen LogP contribution in [0.1, 0.15) is 65.9 Å². The van der Waals surface area contributed by atoms with Crippen LogP contribution in [-0.4, -0.2) is 5.60 Å². The average molecular weight is 264 g/mol. The van der Waals surface area contributed by atoms with E-state index < -0.39 is 0 Å². The van der Waals surface area contributed by atoms with Gasteiger partial charge in [0.05, 0.1) is 0 Å². The highest BCUT2D eigenvalue weighted by Crippen LogP contribution is 2.27. The second-order valence-corrected chi connectivity index (χ2v) is 6.19. The lowest BCUT2D eigenvalue weighted by atomic mass is 9.89. The molecule has 0 aromatic heterocycles. The normalized spacial score (nSPS) is 13.6. The van der Waals surface area contributed by atoms with E-state index in [1.807, 2.05) is 18.2 Å². The lowest BCUT2D eigenvalue weighted by Gasteiger charge is -2.30. The molecule has 0 heterocycles. The SMILES string of the molecule is CCCC(C)C(C)(C)OOc1cccc(C(C)C)c1. The van der Waals surface area contributed by atoms with Gasteiger partial charge in [-0.15, -0.1) is 0 Å². The summed E-state index contributed by atoms with van der Waals surface area (Å²) in [6, 6.07) is 8.11. The lowest BCUT2D eigenvalue weighted by Crippen LogP contribution is -2.34. The molecule has 0 bridgehead atoms. The fourth-order valence-corrected chi connectivity index (χ4v) is 1.94. The number of hydrogen-bond acceptors (Lipinski definition) is 2. The van der Waals surface area contributed by atoms with Gasteiger partial charge in [0.25, 0.3) is 0 Å². The molecule has 0 radical (unpaired) electrons. The first-order chi connectivity index (χ1) is 8.86. The molecule has 1 aromatic rings.